The van der Waals surface area contributed by atoms with Crippen LogP contribution in [0.1, 0.15) is 32.9 Å². The van der Waals surface area contributed by atoms with Crippen molar-refractivity contribution < 1.29 is 9.53 Å². The Balaban J connectivity index is 2.00. The molecule has 0 spiro atoms. The zero-order chi connectivity index (χ0) is 14.1. The first-order valence-electron chi connectivity index (χ1n) is 6.39. The molecule has 0 N–H and O–H groups in total. The van der Waals surface area contributed by atoms with Crippen molar-refractivity contribution in [1.29, 1.82) is 0 Å². The molecule has 3 rings (SSSR count). The summed E-state index contributed by atoms with van der Waals surface area (Å²) < 4.78 is 4.73. The second kappa shape index (κ2) is 4.89. The van der Waals surface area contributed by atoms with Crippen LogP contribution in [0.3, 0.4) is 0 Å². The summed E-state index contributed by atoms with van der Waals surface area (Å²) in [6.45, 7) is 2.53. The highest BCUT2D eigenvalue weighted by atomic mass is 16.5. The number of aryl methyl sites for hydroxylation is 1. The summed E-state index contributed by atoms with van der Waals surface area (Å²) in [5.74, 6) is -0.324. The first kappa shape index (κ1) is 12.5. The van der Waals surface area contributed by atoms with Crippen molar-refractivity contribution in [2.75, 3.05) is 7.11 Å². The molecule has 1 aromatic carbocycles. The molecular weight excluding hydrogens is 252 g/mol. The molecule has 4 heteroatoms. The van der Waals surface area contributed by atoms with Gasteiger partial charge in [-0.05, 0) is 36.8 Å². The number of benzene rings is 1. The third-order valence-corrected chi connectivity index (χ3v) is 3.32. The lowest BCUT2D eigenvalue weighted by molar-refractivity contribution is 0.0600. The van der Waals surface area contributed by atoms with E-state index in [-0.39, 0.29) is 5.97 Å². The summed E-state index contributed by atoms with van der Waals surface area (Å²) >= 11 is 0. The standard InChI is InChI=1S/C16H14N2O2/c1-10-4-3-5-14(18-10)15-13-7-6-11(16(19)20-2)8-12(13)9-17-15/h3-8H,9H2,1-2H3. The van der Waals surface area contributed by atoms with E-state index < -0.39 is 0 Å². The van der Waals surface area contributed by atoms with Crippen LogP contribution in [0, 0.1) is 6.92 Å². The van der Waals surface area contributed by atoms with Gasteiger partial charge in [-0.3, -0.25) is 9.98 Å². The van der Waals surface area contributed by atoms with E-state index in [2.05, 4.69) is 9.98 Å². The van der Waals surface area contributed by atoms with Gasteiger partial charge in [-0.1, -0.05) is 12.1 Å². The molecule has 0 saturated heterocycles. The lowest BCUT2D eigenvalue weighted by Gasteiger charge is -2.06. The van der Waals surface area contributed by atoms with Crippen LogP contribution in [-0.2, 0) is 11.3 Å². The van der Waals surface area contributed by atoms with Crippen molar-refractivity contribution >= 4 is 11.7 Å². The number of carbonyl (C=O) groups is 1. The van der Waals surface area contributed by atoms with Crippen LogP contribution in [0.25, 0.3) is 0 Å². The lowest BCUT2D eigenvalue weighted by Crippen LogP contribution is -2.06. The van der Waals surface area contributed by atoms with Crippen LogP contribution in [0.4, 0.5) is 0 Å². The predicted octanol–water partition coefficient (Wildman–Crippen LogP) is 2.53. The van der Waals surface area contributed by atoms with Gasteiger partial charge in [-0.25, -0.2) is 4.79 Å². The molecule has 0 bridgehead atoms. The summed E-state index contributed by atoms with van der Waals surface area (Å²) in [5, 5.41) is 0. The Hall–Kier alpha value is -2.49. The minimum Gasteiger partial charge on any atom is -0.465 e. The Kier molecular flexibility index (Phi) is 3.06. The molecule has 2 aromatic rings. The van der Waals surface area contributed by atoms with Crippen molar-refractivity contribution in [3.05, 3.63) is 64.5 Å². The average molecular weight is 266 g/mol. The third kappa shape index (κ3) is 2.09. The number of ether oxygens (including phenoxy) is 1. The summed E-state index contributed by atoms with van der Waals surface area (Å²) in [6.07, 6.45) is 0. The molecule has 0 radical (unpaired) electrons. The number of aromatic nitrogens is 1. The number of methoxy groups -OCH3 is 1. The van der Waals surface area contributed by atoms with E-state index in [1.807, 2.05) is 37.3 Å². The average Bonchev–Trinajstić information content (AvgIpc) is 2.89. The van der Waals surface area contributed by atoms with Crippen LogP contribution in [-0.4, -0.2) is 23.8 Å². The van der Waals surface area contributed by atoms with Gasteiger partial charge in [0.2, 0.25) is 0 Å². The fraction of sp³-hybridized carbons (Fsp3) is 0.188. The molecule has 0 atom stereocenters. The van der Waals surface area contributed by atoms with E-state index >= 15 is 0 Å². The maximum Gasteiger partial charge on any atom is 0.337 e. The molecule has 0 aliphatic carbocycles. The van der Waals surface area contributed by atoms with E-state index in [4.69, 9.17) is 4.74 Å². The molecule has 0 saturated carbocycles. The highest BCUT2D eigenvalue weighted by Gasteiger charge is 2.20. The van der Waals surface area contributed by atoms with E-state index in [9.17, 15) is 4.79 Å². The predicted molar refractivity (Wildman–Crippen MR) is 76.1 cm³/mol. The van der Waals surface area contributed by atoms with E-state index in [1.54, 1.807) is 6.07 Å². The third-order valence-electron chi connectivity index (χ3n) is 3.32. The Bertz CT molecular complexity index is 720. The van der Waals surface area contributed by atoms with Gasteiger partial charge < -0.3 is 4.74 Å². The molecule has 100 valence electrons. The smallest absolute Gasteiger partial charge is 0.337 e. The van der Waals surface area contributed by atoms with E-state index in [0.29, 0.717) is 12.1 Å². The monoisotopic (exact) mass is 266 g/mol. The molecule has 1 aliphatic heterocycles. The highest BCUT2D eigenvalue weighted by Crippen LogP contribution is 2.23. The zero-order valence-electron chi connectivity index (χ0n) is 11.4. The number of rotatable bonds is 2. The number of aliphatic imine (C=N–C) groups is 1. The maximum atomic E-state index is 11.5. The van der Waals surface area contributed by atoms with E-state index in [1.165, 1.54) is 7.11 Å². The summed E-state index contributed by atoms with van der Waals surface area (Å²) in [5.41, 5.74) is 5.35. The molecule has 2 heterocycles. The van der Waals surface area contributed by atoms with E-state index in [0.717, 1.165) is 28.2 Å². The normalized spacial score (nSPS) is 12.8. The fourth-order valence-electron chi connectivity index (χ4n) is 2.34. The van der Waals surface area contributed by atoms with Crippen molar-refractivity contribution in [3.8, 4) is 0 Å². The van der Waals surface area contributed by atoms with Gasteiger partial charge in [0.15, 0.2) is 0 Å². The zero-order valence-corrected chi connectivity index (χ0v) is 11.4. The Morgan fingerprint density at radius 3 is 2.85 bits per heavy atom. The molecule has 20 heavy (non-hydrogen) atoms. The summed E-state index contributed by atoms with van der Waals surface area (Å²) in [6, 6.07) is 11.4. The number of nitrogens with zero attached hydrogens (tertiary/aromatic N) is 2. The minimum absolute atomic E-state index is 0.324. The fourth-order valence-corrected chi connectivity index (χ4v) is 2.34. The van der Waals surface area contributed by atoms with Gasteiger partial charge in [-0.15, -0.1) is 0 Å². The van der Waals surface area contributed by atoms with Gasteiger partial charge >= 0.3 is 5.97 Å². The molecule has 4 nitrogen and oxygen atoms in total. The molecule has 0 unspecified atom stereocenters. The molecule has 1 aromatic heterocycles. The Morgan fingerprint density at radius 1 is 1.25 bits per heavy atom. The topological polar surface area (TPSA) is 51.5 Å². The van der Waals surface area contributed by atoms with Crippen LogP contribution in [0.2, 0.25) is 0 Å². The van der Waals surface area contributed by atoms with Crippen LogP contribution in [0.5, 0.6) is 0 Å². The van der Waals surface area contributed by atoms with Gasteiger partial charge in [0.25, 0.3) is 0 Å². The Labute approximate surface area is 117 Å². The number of hydrogen-bond acceptors (Lipinski definition) is 4. The SMILES string of the molecule is COC(=O)c1ccc2c(c1)CN=C2c1cccc(C)n1. The van der Waals surface area contributed by atoms with Gasteiger partial charge in [0, 0.05) is 11.3 Å². The van der Waals surface area contributed by atoms with Gasteiger partial charge in [-0.2, -0.15) is 0 Å². The minimum atomic E-state index is -0.324. The molecule has 0 fully saturated rings. The summed E-state index contributed by atoms with van der Waals surface area (Å²) in [7, 11) is 1.38. The van der Waals surface area contributed by atoms with Crippen LogP contribution in [0.15, 0.2) is 41.4 Å². The maximum absolute atomic E-state index is 11.5. The second-order valence-electron chi connectivity index (χ2n) is 4.69. The van der Waals surface area contributed by atoms with Gasteiger partial charge in [0.1, 0.15) is 0 Å². The van der Waals surface area contributed by atoms with Crippen molar-refractivity contribution in [2.24, 2.45) is 4.99 Å². The number of carbonyl (C=O) groups excluding carboxylic acids is 1. The van der Waals surface area contributed by atoms with Crippen LogP contribution >= 0.6 is 0 Å². The van der Waals surface area contributed by atoms with Crippen molar-refractivity contribution in [3.63, 3.8) is 0 Å². The van der Waals surface area contributed by atoms with Crippen molar-refractivity contribution in [1.82, 2.24) is 4.98 Å². The largest absolute Gasteiger partial charge is 0.465 e. The molecule has 0 amide bonds. The number of esters is 1. The number of fused-ring (bicyclic) bond motifs is 1. The van der Waals surface area contributed by atoms with Crippen molar-refractivity contribution in [2.45, 2.75) is 13.5 Å². The quantitative estimate of drug-likeness (QED) is 0.785. The Morgan fingerprint density at radius 2 is 2.10 bits per heavy atom. The number of pyridine rings is 1. The first-order chi connectivity index (χ1) is 9.69. The summed E-state index contributed by atoms with van der Waals surface area (Å²) in [4.78, 5) is 20.6. The first-order valence-corrected chi connectivity index (χ1v) is 6.39. The number of hydrogen-bond donors (Lipinski definition) is 0. The second-order valence-corrected chi connectivity index (χ2v) is 4.69. The lowest BCUT2D eigenvalue weighted by atomic mass is 10.0. The van der Waals surface area contributed by atoms with Crippen LogP contribution < -0.4 is 0 Å². The molecule has 1 aliphatic rings. The highest BCUT2D eigenvalue weighted by molar-refractivity contribution is 6.14. The molecular formula is C16H14N2O2. The van der Waals surface area contributed by atoms with Gasteiger partial charge in [0.05, 0.1) is 30.6 Å².